The molecule has 4 rings (SSSR count). The number of carbonyl (C=O) groups excluding carboxylic acids is 1. The molecule has 1 aliphatic rings. The van der Waals surface area contributed by atoms with Gasteiger partial charge in [0, 0.05) is 10.4 Å². The van der Waals surface area contributed by atoms with Crippen LogP contribution in [0, 0.1) is 0 Å². The zero-order valence-electron chi connectivity index (χ0n) is 15.7. The Hall–Kier alpha value is -2.32. The molecule has 6 nitrogen and oxygen atoms in total. The van der Waals surface area contributed by atoms with Gasteiger partial charge in [0.1, 0.15) is 10.6 Å². The van der Waals surface area contributed by atoms with Gasteiger partial charge in [0.15, 0.2) is 10.9 Å². The lowest BCUT2D eigenvalue weighted by Gasteiger charge is -2.18. The minimum Gasteiger partial charge on any atom is -0.497 e. The zero-order chi connectivity index (χ0) is 19.8. The van der Waals surface area contributed by atoms with E-state index >= 15 is 0 Å². The van der Waals surface area contributed by atoms with Gasteiger partial charge in [-0.05, 0) is 42.9 Å². The Bertz CT molecular complexity index is 1120. The van der Waals surface area contributed by atoms with Crippen LogP contribution in [0.4, 0.5) is 0 Å². The molecule has 2 heterocycles. The van der Waals surface area contributed by atoms with Gasteiger partial charge >= 0.3 is 0 Å². The molecule has 8 heteroatoms. The number of thioether (sulfide) groups is 1. The molecule has 3 aromatic rings. The number of ether oxygens (including phenoxy) is 1. The van der Waals surface area contributed by atoms with Crippen LogP contribution in [0.1, 0.15) is 46.5 Å². The highest BCUT2D eigenvalue weighted by molar-refractivity contribution is 7.99. The number of nitrogens with two attached hydrogens (primary N) is 1. The van der Waals surface area contributed by atoms with E-state index in [0.717, 1.165) is 34.3 Å². The molecule has 146 valence electrons. The minimum absolute atomic E-state index is 0.0719. The quantitative estimate of drug-likeness (QED) is 0.297. The topological polar surface area (TPSA) is 87.2 Å². The number of carbonyl (C=O) groups is 1. The first-order valence-corrected chi connectivity index (χ1v) is 10.9. The number of nitrogens with zero attached hydrogens (tertiary/aromatic N) is 2. The maximum atomic E-state index is 12.9. The average Bonchev–Trinajstić information content (AvgIpc) is 3.09. The number of ketones is 1. The molecule has 0 aliphatic heterocycles. The highest BCUT2D eigenvalue weighted by Crippen LogP contribution is 2.40. The van der Waals surface area contributed by atoms with E-state index in [1.165, 1.54) is 16.6 Å². The summed E-state index contributed by atoms with van der Waals surface area (Å²) in [5, 5.41) is 1.01. The first kappa shape index (κ1) is 19.0. The van der Waals surface area contributed by atoms with Crippen LogP contribution >= 0.6 is 23.1 Å². The number of thiophene rings is 1. The Kier molecular flexibility index (Phi) is 5.16. The summed E-state index contributed by atoms with van der Waals surface area (Å²) < 4.78 is 6.25. The van der Waals surface area contributed by atoms with Crippen molar-refractivity contribution in [3.05, 3.63) is 50.6 Å². The number of rotatable bonds is 5. The second kappa shape index (κ2) is 7.60. The van der Waals surface area contributed by atoms with Crippen molar-refractivity contribution >= 4 is 39.1 Å². The lowest BCUT2D eigenvalue weighted by molar-refractivity contribution is 0.102. The van der Waals surface area contributed by atoms with Crippen LogP contribution in [0.25, 0.3) is 10.2 Å². The van der Waals surface area contributed by atoms with Gasteiger partial charge in [-0.2, -0.15) is 0 Å². The molecule has 0 amide bonds. The number of hydrogen-bond donors (Lipinski definition) is 1. The molecule has 2 aromatic heterocycles. The molecule has 28 heavy (non-hydrogen) atoms. The van der Waals surface area contributed by atoms with Gasteiger partial charge < -0.3 is 10.6 Å². The summed E-state index contributed by atoms with van der Waals surface area (Å²) in [4.78, 5) is 32.0. The van der Waals surface area contributed by atoms with Gasteiger partial charge in [-0.3, -0.25) is 9.59 Å². The molecule has 0 saturated carbocycles. The van der Waals surface area contributed by atoms with Crippen LogP contribution in [-0.4, -0.2) is 28.3 Å². The molecular weight excluding hydrogens is 394 g/mol. The van der Waals surface area contributed by atoms with Crippen LogP contribution < -0.4 is 16.1 Å². The number of aryl methyl sites for hydroxylation is 1. The number of aromatic nitrogens is 2. The Morgan fingerprint density at radius 2 is 2.29 bits per heavy atom. The monoisotopic (exact) mass is 415 g/mol. The maximum absolute atomic E-state index is 12.9. The van der Waals surface area contributed by atoms with E-state index in [4.69, 9.17) is 10.6 Å². The van der Waals surface area contributed by atoms with Crippen molar-refractivity contribution in [2.75, 3.05) is 18.7 Å². The first-order chi connectivity index (χ1) is 13.5. The van der Waals surface area contributed by atoms with Crippen LogP contribution in [0.15, 0.2) is 34.2 Å². The number of benzene rings is 1. The van der Waals surface area contributed by atoms with Crippen molar-refractivity contribution in [2.24, 2.45) is 0 Å². The van der Waals surface area contributed by atoms with Gasteiger partial charge in [0.05, 0.1) is 18.2 Å². The molecule has 0 unspecified atom stereocenters. The molecule has 0 radical (unpaired) electrons. The number of hydrogen-bond acceptors (Lipinski definition) is 7. The predicted molar refractivity (Wildman–Crippen MR) is 113 cm³/mol. The van der Waals surface area contributed by atoms with Crippen molar-refractivity contribution in [1.82, 2.24) is 9.66 Å². The number of fused-ring (bicyclic) bond motifs is 3. The van der Waals surface area contributed by atoms with Gasteiger partial charge in [-0.15, -0.1) is 11.3 Å². The summed E-state index contributed by atoms with van der Waals surface area (Å²) in [6.45, 7) is 2.15. The molecular formula is C20H21N3O3S2. The summed E-state index contributed by atoms with van der Waals surface area (Å²) in [5.74, 6) is 7.10. The lowest BCUT2D eigenvalue weighted by atomic mass is 9.88. The Morgan fingerprint density at radius 1 is 1.46 bits per heavy atom. The third-order valence-corrected chi connectivity index (χ3v) is 7.21. The fourth-order valence-electron chi connectivity index (χ4n) is 3.64. The molecule has 1 aromatic carbocycles. The lowest BCUT2D eigenvalue weighted by Crippen LogP contribution is -2.30. The molecule has 0 bridgehead atoms. The Balaban J connectivity index is 1.63. The third kappa shape index (κ3) is 3.31. The zero-order valence-corrected chi connectivity index (χ0v) is 17.4. The SMILES string of the molecule is COc1cccc(C(=O)CSc2nc3sc4c(c3c(=O)n2N)[C@@H](C)CCC4)c1. The summed E-state index contributed by atoms with van der Waals surface area (Å²) in [6.07, 6.45) is 3.20. The van der Waals surface area contributed by atoms with E-state index in [1.807, 2.05) is 0 Å². The van der Waals surface area contributed by atoms with E-state index in [2.05, 4.69) is 11.9 Å². The van der Waals surface area contributed by atoms with E-state index in [9.17, 15) is 9.59 Å². The van der Waals surface area contributed by atoms with Gasteiger partial charge in [0.2, 0.25) is 0 Å². The van der Waals surface area contributed by atoms with E-state index < -0.39 is 0 Å². The van der Waals surface area contributed by atoms with Crippen molar-refractivity contribution in [3.63, 3.8) is 0 Å². The second-order valence-corrected chi connectivity index (χ2v) is 8.95. The summed E-state index contributed by atoms with van der Waals surface area (Å²) in [6, 6.07) is 7.00. The van der Waals surface area contributed by atoms with Crippen LogP contribution in [-0.2, 0) is 6.42 Å². The molecule has 0 spiro atoms. The normalized spacial score (nSPS) is 16.1. The molecule has 0 fully saturated rings. The average molecular weight is 416 g/mol. The fraction of sp³-hybridized carbons (Fsp3) is 0.350. The van der Waals surface area contributed by atoms with Crippen molar-refractivity contribution in [3.8, 4) is 5.75 Å². The molecule has 0 saturated heterocycles. The number of Topliss-reactive ketones (excluding diaryl/α,β-unsaturated/α-hetero) is 1. The van der Waals surface area contributed by atoms with Gasteiger partial charge in [-0.25, -0.2) is 9.66 Å². The third-order valence-electron chi connectivity index (χ3n) is 5.10. The predicted octanol–water partition coefficient (Wildman–Crippen LogP) is 3.60. The highest BCUT2D eigenvalue weighted by atomic mass is 32.2. The van der Waals surface area contributed by atoms with Crippen molar-refractivity contribution in [2.45, 2.75) is 37.3 Å². The Labute approximate surface area is 170 Å². The molecule has 1 atom stereocenters. The number of nitrogen functional groups attached to an aromatic ring is 1. The minimum atomic E-state index is -0.229. The fourth-order valence-corrected chi connectivity index (χ4v) is 5.83. The number of methoxy groups -OCH3 is 1. The standard InChI is InChI=1S/C20H21N3O3S2/c1-11-5-3-8-15-16(11)17-18(28-15)22-20(23(21)19(17)25)27-10-14(24)12-6-4-7-13(9-12)26-2/h4,6-7,9,11H,3,5,8,10,21H2,1-2H3/t11-/m0/s1. The largest absolute Gasteiger partial charge is 0.497 e. The second-order valence-electron chi connectivity index (χ2n) is 6.93. The van der Waals surface area contributed by atoms with Crippen molar-refractivity contribution in [1.29, 1.82) is 0 Å². The smallest absolute Gasteiger partial charge is 0.281 e. The van der Waals surface area contributed by atoms with Gasteiger partial charge in [-0.1, -0.05) is 30.8 Å². The van der Waals surface area contributed by atoms with Crippen LogP contribution in [0.3, 0.4) is 0 Å². The summed E-state index contributed by atoms with van der Waals surface area (Å²) >= 11 is 2.76. The van der Waals surface area contributed by atoms with E-state index in [1.54, 1.807) is 42.7 Å². The molecule has 1 aliphatic carbocycles. The van der Waals surface area contributed by atoms with Gasteiger partial charge in [0.25, 0.3) is 5.56 Å². The van der Waals surface area contributed by atoms with E-state index in [-0.39, 0.29) is 17.1 Å². The maximum Gasteiger partial charge on any atom is 0.281 e. The Morgan fingerprint density at radius 3 is 3.07 bits per heavy atom. The molecule has 2 N–H and O–H groups in total. The highest BCUT2D eigenvalue weighted by Gasteiger charge is 2.26. The summed E-state index contributed by atoms with van der Waals surface area (Å²) in [7, 11) is 1.56. The van der Waals surface area contributed by atoms with Crippen LogP contribution in [0.5, 0.6) is 5.75 Å². The van der Waals surface area contributed by atoms with E-state index in [0.29, 0.717) is 27.8 Å². The summed E-state index contributed by atoms with van der Waals surface area (Å²) in [5.41, 5.74) is 1.44. The van der Waals surface area contributed by atoms with Crippen LogP contribution in [0.2, 0.25) is 0 Å². The first-order valence-electron chi connectivity index (χ1n) is 9.13. The van der Waals surface area contributed by atoms with Crippen molar-refractivity contribution < 1.29 is 9.53 Å².